The molecule has 1 saturated carbocycles. The van der Waals surface area contributed by atoms with Crippen molar-refractivity contribution in [2.75, 3.05) is 0 Å². The molecule has 0 unspecified atom stereocenters. The smallest absolute Gasteiger partial charge is 0.0750 e. The summed E-state index contributed by atoms with van der Waals surface area (Å²) < 4.78 is 0. The number of aliphatic hydroxyl groups is 1. The molecule has 11 heavy (non-hydrogen) atoms. The van der Waals surface area contributed by atoms with Crippen LogP contribution in [0.25, 0.3) is 0 Å². The van der Waals surface area contributed by atoms with E-state index in [4.69, 9.17) is 0 Å². The first-order valence-corrected chi connectivity index (χ1v) is 4.59. The Balaban J connectivity index is 2.53. The Morgan fingerprint density at radius 3 is 2.73 bits per heavy atom. The SMILES string of the molecule is CC(C)C=C1CCCC[C@H]1O. The molecule has 1 atom stereocenters. The highest BCUT2D eigenvalue weighted by molar-refractivity contribution is 5.10. The van der Waals surface area contributed by atoms with E-state index >= 15 is 0 Å². The maximum absolute atomic E-state index is 9.55. The van der Waals surface area contributed by atoms with Crippen molar-refractivity contribution in [2.24, 2.45) is 5.92 Å². The average molecular weight is 154 g/mol. The number of allylic oxidation sites excluding steroid dienone is 1. The van der Waals surface area contributed by atoms with Gasteiger partial charge in [-0.25, -0.2) is 0 Å². The van der Waals surface area contributed by atoms with Crippen molar-refractivity contribution in [2.45, 2.75) is 45.6 Å². The van der Waals surface area contributed by atoms with Crippen LogP contribution < -0.4 is 0 Å². The van der Waals surface area contributed by atoms with E-state index in [1.165, 1.54) is 18.4 Å². The third-order valence-corrected chi connectivity index (χ3v) is 2.17. The van der Waals surface area contributed by atoms with Crippen molar-refractivity contribution in [3.8, 4) is 0 Å². The number of aliphatic hydroxyl groups excluding tert-OH is 1. The first-order valence-electron chi connectivity index (χ1n) is 4.59. The molecule has 0 spiro atoms. The van der Waals surface area contributed by atoms with Gasteiger partial charge in [-0.1, -0.05) is 26.3 Å². The van der Waals surface area contributed by atoms with Crippen LogP contribution in [-0.2, 0) is 0 Å². The molecular formula is C10H18O. The van der Waals surface area contributed by atoms with Gasteiger partial charge in [-0.15, -0.1) is 0 Å². The zero-order chi connectivity index (χ0) is 8.27. The summed E-state index contributed by atoms with van der Waals surface area (Å²) in [6.45, 7) is 4.32. The highest BCUT2D eigenvalue weighted by Crippen LogP contribution is 2.24. The van der Waals surface area contributed by atoms with E-state index in [2.05, 4.69) is 19.9 Å². The molecule has 0 aromatic carbocycles. The van der Waals surface area contributed by atoms with Crippen LogP contribution in [0.3, 0.4) is 0 Å². The summed E-state index contributed by atoms with van der Waals surface area (Å²) in [5, 5.41) is 9.55. The number of rotatable bonds is 1. The fraction of sp³-hybridized carbons (Fsp3) is 0.800. The van der Waals surface area contributed by atoms with Gasteiger partial charge in [-0.2, -0.15) is 0 Å². The van der Waals surface area contributed by atoms with E-state index in [0.29, 0.717) is 5.92 Å². The summed E-state index contributed by atoms with van der Waals surface area (Å²) in [7, 11) is 0. The van der Waals surface area contributed by atoms with Gasteiger partial charge in [-0.05, 0) is 30.8 Å². The van der Waals surface area contributed by atoms with Gasteiger partial charge in [0.05, 0.1) is 6.10 Å². The summed E-state index contributed by atoms with van der Waals surface area (Å²) in [4.78, 5) is 0. The molecule has 1 N–H and O–H groups in total. The second-order valence-electron chi connectivity index (χ2n) is 3.75. The maximum Gasteiger partial charge on any atom is 0.0750 e. The molecule has 1 fully saturated rings. The summed E-state index contributed by atoms with van der Waals surface area (Å²) in [6.07, 6.45) is 6.61. The van der Waals surface area contributed by atoms with E-state index in [1.54, 1.807) is 0 Å². The molecule has 64 valence electrons. The molecule has 0 bridgehead atoms. The van der Waals surface area contributed by atoms with Gasteiger partial charge in [0.1, 0.15) is 0 Å². The molecule has 1 aliphatic rings. The van der Waals surface area contributed by atoms with Crippen LogP contribution >= 0.6 is 0 Å². The number of hydrogen-bond acceptors (Lipinski definition) is 1. The third-order valence-electron chi connectivity index (χ3n) is 2.17. The second kappa shape index (κ2) is 3.91. The second-order valence-corrected chi connectivity index (χ2v) is 3.75. The quantitative estimate of drug-likeness (QED) is 0.575. The Labute approximate surface area is 69.1 Å². The Morgan fingerprint density at radius 1 is 1.45 bits per heavy atom. The van der Waals surface area contributed by atoms with Crippen LogP contribution in [0.2, 0.25) is 0 Å². The Kier molecular flexibility index (Phi) is 3.13. The van der Waals surface area contributed by atoms with Gasteiger partial charge in [0, 0.05) is 0 Å². The summed E-state index contributed by atoms with van der Waals surface area (Å²) in [5.41, 5.74) is 1.27. The Hall–Kier alpha value is -0.300. The van der Waals surface area contributed by atoms with E-state index in [1.807, 2.05) is 0 Å². The Bertz CT molecular complexity index is 147. The lowest BCUT2D eigenvalue weighted by molar-refractivity contribution is 0.177. The molecule has 1 rings (SSSR count). The summed E-state index contributed by atoms with van der Waals surface area (Å²) in [5.74, 6) is 0.581. The zero-order valence-corrected chi connectivity index (χ0v) is 7.51. The molecule has 0 aromatic heterocycles. The van der Waals surface area contributed by atoms with Gasteiger partial charge in [-0.3, -0.25) is 0 Å². The van der Waals surface area contributed by atoms with Crippen molar-refractivity contribution in [3.63, 3.8) is 0 Å². The minimum absolute atomic E-state index is 0.133. The van der Waals surface area contributed by atoms with Gasteiger partial charge in [0.2, 0.25) is 0 Å². The fourth-order valence-corrected chi connectivity index (χ4v) is 1.64. The Morgan fingerprint density at radius 2 is 2.18 bits per heavy atom. The van der Waals surface area contributed by atoms with E-state index in [-0.39, 0.29) is 6.10 Å². The van der Waals surface area contributed by atoms with Crippen LogP contribution in [0.1, 0.15) is 39.5 Å². The van der Waals surface area contributed by atoms with Crippen molar-refractivity contribution in [3.05, 3.63) is 11.6 Å². The lowest BCUT2D eigenvalue weighted by Crippen LogP contribution is -2.15. The van der Waals surface area contributed by atoms with Crippen molar-refractivity contribution >= 4 is 0 Å². The highest BCUT2D eigenvalue weighted by Gasteiger charge is 2.15. The largest absolute Gasteiger partial charge is 0.389 e. The molecular weight excluding hydrogens is 136 g/mol. The zero-order valence-electron chi connectivity index (χ0n) is 7.51. The first-order chi connectivity index (χ1) is 5.20. The van der Waals surface area contributed by atoms with Crippen LogP contribution in [0.15, 0.2) is 11.6 Å². The highest BCUT2D eigenvalue weighted by atomic mass is 16.3. The lowest BCUT2D eigenvalue weighted by atomic mass is 9.90. The first kappa shape index (κ1) is 8.79. The summed E-state index contributed by atoms with van der Waals surface area (Å²) in [6, 6.07) is 0. The molecule has 1 heteroatoms. The van der Waals surface area contributed by atoms with Crippen LogP contribution in [0.5, 0.6) is 0 Å². The minimum atomic E-state index is -0.133. The van der Waals surface area contributed by atoms with Crippen LogP contribution in [0, 0.1) is 5.92 Å². The normalized spacial score (nSPS) is 29.8. The molecule has 0 aliphatic heterocycles. The van der Waals surface area contributed by atoms with E-state index < -0.39 is 0 Å². The summed E-state index contributed by atoms with van der Waals surface area (Å²) >= 11 is 0. The standard InChI is InChI=1S/C10H18O/c1-8(2)7-9-5-3-4-6-10(9)11/h7-8,10-11H,3-6H2,1-2H3/t10-/m1/s1. The van der Waals surface area contributed by atoms with Crippen molar-refractivity contribution in [1.29, 1.82) is 0 Å². The molecule has 0 aromatic rings. The van der Waals surface area contributed by atoms with E-state index in [9.17, 15) is 5.11 Å². The molecule has 1 nitrogen and oxygen atoms in total. The van der Waals surface area contributed by atoms with Crippen molar-refractivity contribution in [1.82, 2.24) is 0 Å². The van der Waals surface area contributed by atoms with Gasteiger partial charge < -0.3 is 5.11 Å². The third kappa shape index (κ3) is 2.66. The monoisotopic (exact) mass is 154 g/mol. The maximum atomic E-state index is 9.55. The molecule has 0 radical (unpaired) electrons. The molecule has 0 amide bonds. The van der Waals surface area contributed by atoms with E-state index in [0.717, 1.165) is 12.8 Å². The average Bonchev–Trinajstić information content (AvgIpc) is 1.93. The van der Waals surface area contributed by atoms with Gasteiger partial charge in [0.25, 0.3) is 0 Å². The molecule has 1 aliphatic carbocycles. The van der Waals surface area contributed by atoms with Gasteiger partial charge in [0.15, 0.2) is 0 Å². The lowest BCUT2D eigenvalue weighted by Gasteiger charge is -2.21. The molecule has 0 heterocycles. The minimum Gasteiger partial charge on any atom is -0.389 e. The topological polar surface area (TPSA) is 20.2 Å². The predicted molar refractivity (Wildman–Crippen MR) is 47.4 cm³/mol. The number of hydrogen-bond donors (Lipinski definition) is 1. The van der Waals surface area contributed by atoms with Gasteiger partial charge >= 0.3 is 0 Å². The molecule has 0 saturated heterocycles. The van der Waals surface area contributed by atoms with Crippen LogP contribution in [0.4, 0.5) is 0 Å². The van der Waals surface area contributed by atoms with Crippen LogP contribution in [-0.4, -0.2) is 11.2 Å². The van der Waals surface area contributed by atoms with Crippen molar-refractivity contribution < 1.29 is 5.11 Å². The predicted octanol–water partition coefficient (Wildman–Crippen LogP) is 2.50. The fourth-order valence-electron chi connectivity index (χ4n) is 1.64.